The van der Waals surface area contributed by atoms with Crippen LogP contribution in [0.3, 0.4) is 0 Å². The first kappa shape index (κ1) is 15.7. The van der Waals surface area contributed by atoms with Gasteiger partial charge in [0.25, 0.3) is 0 Å². The van der Waals surface area contributed by atoms with E-state index in [0.29, 0.717) is 0 Å². The Balaban J connectivity index is 2.41. The highest BCUT2D eigenvalue weighted by Crippen LogP contribution is 2.30. The zero-order chi connectivity index (χ0) is 14.5. The molecule has 0 bridgehead atoms. The van der Waals surface area contributed by atoms with E-state index in [0.717, 1.165) is 34.3 Å². The lowest BCUT2D eigenvalue weighted by Crippen LogP contribution is -2.26. The molecule has 0 aliphatic carbocycles. The minimum absolute atomic E-state index is 0.104. The molecule has 1 unspecified atom stereocenters. The number of rotatable bonds is 6. The number of hydrogen-bond donors (Lipinski definition) is 1. The van der Waals surface area contributed by atoms with Gasteiger partial charge in [0.05, 0.1) is 6.04 Å². The fourth-order valence-electron chi connectivity index (χ4n) is 2.21. The molecule has 1 heterocycles. The first-order chi connectivity index (χ1) is 9.67. The molecular weight excluding hydrogens is 382 g/mol. The van der Waals surface area contributed by atoms with Crippen LogP contribution in [0.25, 0.3) is 0 Å². The fourth-order valence-corrected chi connectivity index (χ4v) is 3.49. The Kier molecular flexibility index (Phi) is 5.81. The molecule has 0 amide bonds. The van der Waals surface area contributed by atoms with Gasteiger partial charge in [0.2, 0.25) is 0 Å². The maximum absolute atomic E-state index is 4.55. The first-order valence-corrected chi connectivity index (χ1v) is 8.45. The molecule has 0 fully saturated rings. The normalized spacial score (nSPS) is 12.6. The summed E-state index contributed by atoms with van der Waals surface area (Å²) in [7, 11) is 0. The molecule has 0 aliphatic rings. The summed E-state index contributed by atoms with van der Waals surface area (Å²) in [5.74, 6) is 1.06. The average molecular weight is 401 g/mol. The molecule has 5 heteroatoms. The van der Waals surface area contributed by atoms with Crippen molar-refractivity contribution in [3.05, 3.63) is 50.9 Å². The van der Waals surface area contributed by atoms with E-state index in [1.807, 2.05) is 12.4 Å². The Morgan fingerprint density at radius 2 is 2.10 bits per heavy atom. The molecular formula is C15H19Br2N3. The van der Waals surface area contributed by atoms with Crippen LogP contribution in [0.4, 0.5) is 0 Å². The molecule has 20 heavy (non-hydrogen) atoms. The van der Waals surface area contributed by atoms with Crippen molar-refractivity contribution in [3.8, 4) is 0 Å². The second kappa shape index (κ2) is 7.38. The summed E-state index contributed by atoms with van der Waals surface area (Å²) in [5.41, 5.74) is 1.21. The van der Waals surface area contributed by atoms with Crippen molar-refractivity contribution in [3.63, 3.8) is 0 Å². The summed E-state index contributed by atoms with van der Waals surface area (Å²) >= 11 is 7.17. The standard InChI is InChI=1S/C15H19Br2N3/c1-3-7-18-14(15-19-8-9-20(15)4-2)12-6-5-11(16)10-13(12)17/h5-6,8-10,14,18H,3-4,7H2,1-2H3. The SMILES string of the molecule is CCCNC(c1ccc(Br)cc1Br)c1nccn1CC. The molecule has 0 aliphatic heterocycles. The van der Waals surface area contributed by atoms with Gasteiger partial charge in [-0.3, -0.25) is 0 Å². The van der Waals surface area contributed by atoms with Crippen LogP contribution in [0.5, 0.6) is 0 Å². The van der Waals surface area contributed by atoms with E-state index in [4.69, 9.17) is 0 Å². The molecule has 1 atom stereocenters. The van der Waals surface area contributed by atoms with E-state index in [9.17, 15) is 0 Å². The Bertz CT molecular complexity index is 566. The van der Waals surface area contributed by atoms with Gasteiger partial charge >= 0.3 is 0 Å². The minimum Gasteiger partial charge on any atom is -0.334 e. The lowest BCUT2D eigenvalue weighted by Gasteiger charge is -2.21. The van der Waals surface area contributed by atoms with Crippen molar-refractivity contribution in [1.82, 2.24) is 14.9 Å². The fraction of sp³-hybridized carbons (Fsp3) is 0.400. The monoisotopic (exact) mass is 399 g/mol. The summed E-state index contributed by atoms with van der Waals surface area (Å²) in [6, 6.07) is 6.39. The third-order valence-electron chi connectivity index (χ3n) is 3.22. The van der Waals surface area contributed by atoms with Crippen molar-refractivity contribution in [2.75, 3.05) is 6.54 Å². The van der Waals surface area contributed by atoms with Crippen LogP contribution in [-0.2, 0) is 6.54 Å². The highest BCUT2D eigenvalue weighted by molar-refractivity contribution is 9.11. The van der Waals surface area contributed by atoms with Gasteiger partial charge in [-0.15, -0.1) is 0 Å². The number of nitrogens with zero attached hydrogens (tertiary/aromatic N) is 2. The zero-order valence-corrected chi connectivity index (χ0v) is 14.9. The van der Waals surface area contributed by atoms with Crippen LogP contribution in [0.15, 0.2) is 39.5 Å². The summed E-state index contributed by atoms with van der Waals surface area (Å²) in [6.07, 6.45) is 4.99. The van der Waals surface area contributed by atoms with Crippen LogP contribution in [0.2, 0.25) is 0 Å². The molecule has 2 aromatic rings. The predicted octanol–water partition coefficient (Wildman–Crippen LogP) is 4.52. The van der Waals surface area contributed by atoms with Crippen LogP contribution in [0.1, 0.15) is 37.7 Å². The van der Waals surface area contributed by atoms with Gasteiger partial charge in [-0.05, 0) is 37.6 Å². The lowest BCUT2D eigenvalue weighted by atomic mass is 10.1. The van der Waals surface area contributed by atoms with E-state index in [1.165, 1.54) is 5.56 Å². The number of aryl methyl sites for hydroxylation is 1. The summed E-state index contributed by atoms with van der Waals surface area (Å²) in [4.78, 5) is 4.55. The van der Waals surface area contributed by atoms with Crippen LogP contribution >= 0.6 is 31.9 Å². The molecule has 1 N–H and O–H groups in total. The molecule has 2 rings (SSSR count). The van der Waals surface area contributed by atoms with E-state index >= 15 is 0 Å². The topological polar surface area (TPSA) is 29.9 Å². The van der Waals surface area contributed by atoms with Gasteiger partial charge in [-0.1, -0.05) is 44.8 Å². The van der Waals surface area contributed by atoms with E-state index in [-0.39, 0.29) is 6.04 Å². The van der Waals surface area contributed by atoms with Gasteiger partial charge < -0.3 is 9.88 Å². The Labute approximate surface area is 137 Å². The quantitative estimate of drug-likeness (QED) is 0.772. The predicted molar refractivity (Wildman–Crippen MR) is 89.9 cm³/mol. The van der Waals surface area contributed by atoms with E-state index in [1.54, 1.807) is 0 Å². The van der Waals surface area contributed by atoms with Crippen LogP contribution in [-0.4, -0.2) is 16.1 Å². The van der Waals surface area contributed by atoms with Crippen molar-refractivity contribution >= 4 is 31.9 Å². The highest BCUT2D eigenvalue weighted by Gasteiger charge is 2.20. The molecule has 108 valence electrons. The first-order valence-electron chi connectivity index (χ1n) is 6.86. The Morgan fingerprint density at radius 1 is 1.30 bits per heavy atom. The number of aromatic nitrogens is 2. The summed E-state index contributed by atoms with van der Waals surface area (Å²) in [5, 5.41) is 3.59. The maximum atomic E-state index is 4.55. The number of hydrogen-bond acceptors (Lipinski definition) is 2. The smallest absolute Gasteiger partial charge is 0.130 e. The second-order valence-electron chi connectivity index (χ2n) is 4.62. The largest absolute Gasteiger partial charge is 0.334 e. The lowest BCUT2D eigenvalue weighted by molar-refractivity contribution is 0.540. The minimum atomic E-state index is 0.104. The van der Waals surface area contributed by atoms with E-state index in [2.05, 4.69) is 78.8 Å². The molecule has 0 saturated carbocycles. The summed E-state index contributed by atoms with van der Waals surface area (Å²) < 4.78 is 4.34. The molecule has 3 nitrogen and oxygen atoms in total. The van der Waals surface area contributed by atoms with Gasteiger partial charge in [0.1, 0.15) is 5.82 Å². The Hall–Kier alpha value is -0.650. The van der Waals surface area contributed by atoms with Crippen molar-refractivity contribution in [2.24, 2.45) is 0 Å². The van der Waals surface area contributed by atoms with Gasteiger partial charge in [0.15, 0.2) is 0 Å². The maximum Gasteiger partial charge on any atom is 0.130 e. The van der Waals surface area contributed by atoms with Crippen LogP contribution in [0, 0.1) is 0 Å². The summed E-state index contributed by atoms with van der Waals surface area (Å²) in [6.45, 7) is 6.20. The van der Waals surface area contributed by atoms with Gasteiger partial charge in [-0.25, -0.2) is 4.98 Å². The third-order valence-corrected chi connectivity index (χ3v) is 4.40. The van der Waals surface area contributed by atoms with Crippen molar-refractivity contribution in [2.45, 2.75) is 32.9 Å². The molecule has 0 saturated heterocycles. The third kappa shape index (κ3) is 3.51. The van der Waals surface area contributed by atoms with Crippen LogP contribution < -0.4 is 5.32 Å². The number of benzene rings is 1. The van der Waals surface area contributed by atoms with Gasteiger partial charge in [0, 0.05) is 27.9 Å². The van der Waals surface area contributed by atoms with Crippen molar-refractivity contribution < 1.29 is 0 Å². The average Bonchev–Trinajstić information content (AvgIpc) is 2.89. The molecule has 1 aromatic carbocycles. The zero-order valence-electron chi connectivity index (χ0n) is 11.7. The van der Waals surface area contributed by atoms with E-state index < -0.39 is 0 Å². The van der Waals surface area contributed by atoms with Crippen molar-refractivity contribution in [1.29, 1.82) is 0 Å². The number of nitrogens with one attached hydrogen (secondary N) is 1. The van der Waals surface area contributed by atoms with Gasteiger partial charge in [-0.2, -0.15) is 0 Å². The molecule has 0 radical (unpaired) electrons. The number of halogens is 2. The Morgan fingerprint density at radius 3 is 2.75 bits per heavy atom. The highest BCUT2D eigenvalue weighted by atomic mass is 79.9. The second-order valence-corrected chi connectivity index (χ2v) is 6.39. The molecule has 1 aromatic heterocycles. The number of imidazole rings is 1. The molecule has 0 spiro atoms.